The zero-order valence-electron chi connectivity index (χ0n) is 13.6. The summed E-state index contributed by atoms with van der Waals surface area (Å²) in [7, 11) is 0. The molecule has 0 aromatic heterocycles. The van der Waals surface area contributed by atoms with Crippen LogP contribution in [0, 0.1) is 0 Å². The minimum Gasteiger partial charge on any atom is -0.370 e. The summed E-state index contributed by atoms with van der Waals surface area (Å²) in [5.41, 5.74) is 5.43. The van der Waals surface area contributed by atoms with Crippen molar-refractivity contribution in [1.82, 2.24) is 5.43 Å². The molecule has 1 amide bonds. The van der Waals surface area contributed by atoms with Gasteiger partial charge in [-0.05, 0) is 0 Å². The van der Waals surface area contributed by atoms with Gasteiger partial charge in [0.1, 0.15) is 13.1 Å². The quantitative estimate of drug-likeness (QED) is 0.621. The second-order valence-electron chi connectivity index (χ2n) is 5.77. The zero-order valence-corrected chi connectivity index (χ0v) is 13.6. The molecule has 2 N–H and O–H groups in total. The number of hydrazone groups is 1. The Hall–Kier alpha value is -2.50. The van der Waals surface area contributed by atoms with Crippen molar-refractivity contribution in [2.45, 2.75) is 0 Å². The summed E-state index contributed by atoms with van der Waals surface area (Å²) in [6, 6.07) is 19.8. The number of ether oxygens (including phenoxy) is 1. The van der Waals surface area contributed by atoms with Crippen LogP contribution in [0.25, 0.3) is 0 Å². The van der Waals surface area contributed by atoms with E-state index in [-0.39, 0.29) is 5.91 Å². The van der Waals surface area contributed by atoms with E-state index < -0.39 is 0 Å². The standard InChI is InChI=1S/C19H21N3O2/c23-18(15-22-11-13-24-14-12-22)20-21-19(16-7-3-1-4-8-16)17-9-5-2-6-10-17/h1-10H,11-15H2,(H,20,23)/p+1. The molecule has 2 aromatic rings. The number of benzene rings is 2. The minimum absolute atomic E-state index is 0.0729. The molecule has 0 spiro atoms. The first-order valence-electron chi connectivity index (χ1n) is 8.21. The third-order valence-corrected chi connectivity index (χ3v) is 4.00. The van der Waals surface area contributed by atoms with Gasteiger partial charge in [0.15, 0.2) is 6.54 Å². The Bertz CT molecular complexity index is 639. The highest BCUT2D eigenvalue weighted by atomic mass is 16.5. The number of carbonyl (C=O) groups excluding carboxylic acids is 1. The molecule has 1 fully saturated rings. The first-order chi connectivity index (χ1) is 11.8. The number of quaternary nitrogens is 1. The van der Waals surface area contributed by atoms with Crippen LogP contribution >= 0.6 is 0 Å². The monoisotopic (exact) mass is 324 g/mol. The maximum Gasteiger partial charge on any atom is 0.295 e. The van der Waals surface area contributed by atoms with Crippen LogP contribution < -0.4 is 10.3 Å². The van der Waals surface area contributed by atoms with E-state index >= 15 is 0 Å². The van der Waals surface area contributed by atoms with Crippen molar-refractivity contribution >= 4 is 11.6 Å². The van der Waals surface area contributed by atoms with Crippen molar-refractivity contribution in [2.24, 2.45) is 5.10 Å². The average molecular weight is 324 g/mol. The molecule has 1 saturated heterocycles. The molecule has 1 aliphatic heterocycles. The van der Waals surface area contributed by atoms with E-state index in [0.29, 0.717) is 19.8 Å². The summed E-state index contributed by atoms with van der Waals surface area (Å²) in [6.45, 7) is 3.57. The number of hydrogen-bond donors (Lipinski definition) is 2. The molecular weight excluding hydrogens is 302 g/mol. The van der Waals surface area contributed by atoms with Gasteiger partial charge in [0, 0.05) is 11.1 Å². The maximum absolute atomic E-state index is 12.2. The lowest BCUT2D eigenvalue weighted by Gasteiger charge is -2.22. The fourth-order valence-corrected chi connectivity index (χ4v) is 2.71. The van der Waals surface area contributed by atoms with Crippen LogP contribution in [0.4, 0.5) is 0 Å². The highest BCUT2D eigenvalue weighted by Gasteiger charge is 2.17. The molecule has 24 heavy (non-hydrogen) atoms. The number of amides is 1. The molecule has 0 saturated carbocycles. The van der Waals surface area contributed by atoms with E-state index in [2.05, 4.69) is 10.5 Å². The third-order valence-electron chi connectivity index (χ3n) is 4.00. The van der Waals surface area contributed by atoms with Crippen molar-refractivity contribution in [1.29, 1.82) is 0 Å². The molecule has 0 radical (unpaired) electrons. The third kappa shape index (κ3) is 4.50. The Labute approximate surface area is 141 Å². The van der Waals surface area contributed by atoms with Gasteiger partial charge in [-0.1, -0.05) is 60.7 Å². The van der Waals surface area contributed by atoms with E-state index in [0.717, 1.165) is 29.9 Å². The second kappa shape index (κ2) is 8.38. The molecular formula is C19H22N3O2+. The lowest BCUT2D eigenvalue weighted by molar-refractivity contribution is -0.900. The molecule has 1 heterocycles. The fourth-order valence-electron chi connectivity index (χ4n) is 2.71. The van der Waals surface area contributed by atoms with Crippen LogP contribution in [0.1, 0.15) is 11.1 Å². The summed E-state index contributed by atoms with van der Waals surface area (Å²) in [5, 5.41) is 4.40. The van der Waals surface area contributed by atoms with Crippen molar-refractivity contribution in [3.8, 4) is 0 Å². The number of nitrogens with one attached hydrogen (secondary N) is 2. The highest BCUT2D eigenvalue weighted by Crippen LogP contribution is 2.10. The van der Waals surface area contributed by atoms with Crippen LogP contribution in [0.3, 0.4) is 0 Å². The SMILES string of the molecule is O=C(C[NH+]1CCOCC1)NN=C(c1ccccc1)c1ccccc1. The van der Waals surface area contributed by atoms with Gasteiger partial charge in [-0.25, -0.2) is 5.43 Å². The Balaban J connectivity index is 1.73. The maximum atomic E-state index is 12.2. The van der Waals surface area contributed by atoms with Gasteiger partial charge in [-0.3, -0.25) is 4.79 Å². The van der Waals surface area contributed by atoms with Crippen molar-refractivity contribution in [3.05, 3.63) is 71.8 Å². The van der Waals surface area contributed by atoms with Crippen LogP contribution in [-0.4, -0.2) is 44.5 Å². The molecule has 1 aliphatic rings. The number of hydrogen-bond acceptors (Lipinski definition) is 3. The molecule has 3 rings (SSSR count). The van der Waals surface area contributed by atoms with Gasteiger partial charge in [0.05, 0.1) is 18.9 Å². The molecule has 5 nitrogen and oxygen atoms in total. The smallest absolute Gasteiger partial charge is 0.295 e. The summed E-state index contributed by atoms with van der Waals surface area (Å²) in [5.74, 6) is -0.0729. The molecule has 2 aromatic carbocycles. The van der Waals surface area contributed by atoms with Gasteiger partial charge < -0.3 is 9.64 Å². The molecule has 0 unspecified atom stereocenters. The number of rotatable bonds is 5. The van der Waals surface area contributed by atoms with Crippen LogP contribution in [0.2, 0.25) is 0 Å². The first-order valence-corrected chi connectivity index (χ1v) is 8.21. The minimum atomic E-state index is -0.0729. The number of nitrogens with zero attached hydrogens (tertiary/aromatic N) is 1. The largest absolute Gasteiger partial charge is 0.370 e. The van der Waals surface area contributed by atoms with E-state index in [1.807, 2.05) is 60.7 Å². The topological polar surface area (TPSA) is 55.1 Å². The predicted octanol–water partition coefficient (Wildman–Crippen LogP) is 0.470. The van der Waals surface area contributed by atoms with Crippen molar-refractivity contribution < 1.29 is 14.4 Å². The van der Waals surface area contributed by atoms with E-state index in [1.165, 1.54) is 4.90 Å². The second-order valence-corrected chi connectivity index (χ2v) is 5.77. The number of morpholine rings is 1. The van der Waals surface area contributed by atoms with Gasteiger partial charge in [0.2, 0.25) is 0 Å². The van der Waals surface area contributed by atoms with Crippen molar-refractivity contribution in [2.75, 3.05) is 32.8 Å². The lowest BCUT2D eigenvalue weighted by Crippen LogP contribution is -3.15. The summed E-state index contributed by atoms with van der Waals surface area (Å²) in [4.78, 5) is 13.4. The summed E-state index contributed by atoms with van der Waals surface area (Å²) < 4.78 is 5.32. The summed E-state index contributed by atoms with van der Waals surface area (Å²) >= 11 is 0. The van der Waals surface area contributed by atoms with Crippen LogP contribution in [0.15, 0.2) is 65.8 Å². The average Bonchev–Trinajstić information content (AvgIpc) is 2.64. The molecule has 0 atom stereocenters. The fraction of sp³-hybridized carbons (Fsp3) is 0.263. The van der Waals surface area contributed by atoms with Crippen LogP contribution in [-0.2, 0) is 9.53 Å². The number of carbonyl (C=O) groups is 1. The highest BCUT2D eigenvalue weighted by molar-refractivity contribution is 6.13. The predicted molar refractivity (Wildman–Crippen MR) is 93.0 cm³/mol. The van der Waals surface area contributed by atoms with Crippen molar-refractivity contribution in [3.63, 3.8) is 0 Å². The Kier molecular flexibility index (Phi) is 5.71. The molecule has 5 heteroatoms. The van der Waals surface area contributed by atoms with Gasteiger partial charge in [0.25, 0.3) is 5.91 Å². The lowest BCUT2D eigenvalue weighted by atomic mass is 10.0. The molecule has 0 bridgehead atoms. The molecule has 124 valence electrons. The van der Waals surface area contributed by atoms with E-state index in [1.54, 1.807) is 0 Å². The first kappa shape index (κ1) is 16.4. The van der Waals surface area contributed by atoms with Gasteiger partial charge in [-0.2, -0.15) is 5.10 Å². The Morgan fingerprint density at radius 2 is 1.50 bits per heavy atom. The van der Waals surface area contributed by atoms with Gasteiger partial charge >= 0.3 is 0 Å². The molecule has 0 aliphatic carbocycles. The zero-order chi connectivity index (χ0) is 16.6. The normalized spacial score (nSPS) is 14.8. The van der Waals surface area contributed by atoms with E-state index in [9.17, 15) is 4.79 Å². The van der Waals surface area contributed by atoms with E-state index in [4.69, 9.17) is 4.74 Å². The van der Waals surface area contributed by atoms with Crippen LogP contribution in [0.5, 0.6) is 0 Å². The van der Waals surface area contributed by atoms with Gasteiger partial charge in [-0.15, -0.1) is 0 Å². The Morgan fingerprint density at radius 1 is 0.958 bits per heavy atom. The summed E-state index contributed by atoms with van der Waals surface area (Å²) in [6.07, 6.45) is 0. The Morgan fingerprint density at radius 3 is 2.04 bits per heavy atom.